The van der Waals surface area contributed by atoms with Gasteiger partial charge in [0.2, 0.25) is 0 Å². The summed E-state index contributed by atoms with van der Waals surface area (Å²) in [5.41, 5.74) is -0.884. The van der Waals surface area contributed by atoms with Gasteiger partial charge in [-0.3, -0.25) is 14.7 Å². The summed E-state index contributed by atoms with van der Waals surface area (Å²) in [5, 5.41) is 17.0. The van der Waals surface area contributed by atoms with Crippen molar-refractivity contribution in [2.45, 2.75) is 38.7 Å². The Morgan fingerprint density at radius 2 is 2.00 bits per heavy atom. The molecule has 8 nitrogen and oxygen atoms in total. The van der Waals surface area contributed by atoms with Crippen molar-refractivity contribution in [2.75, 3.05) is 59.6 Å². The van der Waals surface area contributed by atoms with Gasteiger partial charge in [-0.15, -0.1) is 24.0 Å². The number of halogens is 1. The molecule has 26 heavy (non-hydrogen) atoms. The third kappa shape index (κ3) is 11.9. The van der Waals surface area contributed by atoms with Crippen molar-refractivity contribution >= 4 is 35.9 Å². The lowest BCUT2D eigenvalue weighted by molar-refractivity contribution is -0.140. The number of ether oxygens (including phenoxy) is 2. The second kappa shape index (κ2) is 14.4. The van der Waals surface area contributed by atoms with Crippen LogP contribution in [0.25, 0.3) is 0 Å². The largest absolute Gasteiger partial charge is 0.469 e. The molecule has 0 aromatic rings. The molecule has 0 aromatic carbocycles. The number of aliphatic imine (C=N–C) groups is 1. The van der Waals surface area contributed by atoms with Gasteiger partial charge in [-0.2, -0.15) is 0 Å². The molecule has 0 aromatic heterocycles. The zero-order valence-corrected chi connectivity index (χ0v) is 18.6. The van der Waals surface area contributed by atoms with E-state index in [1.165, 1.54) is 7.11 Å². The molecule has 0 amide bonds. The molecule has 0 saturated carbocycles. The van der Waals surface area contributed by atoms with Crippen LogP contribution in [0.5, 0.6) is 0 Å². The summed E-state index contributed by atoms with van der Waals surface area (Å²) >= 11 is 0. The number of aliphatic hydroxyl groups is 1. The number of β-amino-alcohol motifs (C(OH)–C–C–N with tert-alkyl or cyclic N) is 1. The summed E-state index contributed by atoms with van der Waals surface area (Å²) in [6.07, 6.45) is 2.05. The monoisotopic (exact) mass is 486 g/mol. The molecule has 3 N–H and O–H groups in total. The minimum absolute atomic E-state index is 0. The number of nitrogens with one attached hydrogen (secondary N) is 2. The molecule has 154 valence electrons. The van der Waals surface area contributed by atoms with Crippen molar-refractivity contribution < 1.29 is 19.4 Å². The molecule has 1 saturated heterocycles. The Kier molecular flexibility index (Phi) is 14.1. The Morgan fingerprint density at radius 1 is 1.31 bits per heavy atom. The van der Waals surface area contributed by atoms with E-state index in [-0.39, 0.29) is 29.9 Å². The highest BCUT2D eigenvalue weighted by atomic mass is 127. The lowest BCUT2D eigenvalue weighted by atomic mass is 10.1. The summed E-state index contributed by atoms with van der Waals surface area (Å²) in [6, 6.07) is 0. The van der Waals surface area contributed by atoms with E-state index in [1.54, 1.807) is 0 Å². The van der Waals surface area contributed by atoms with E-state index in [2.05, 4.69) is 25.3 Å². The van der Waals surface area contributed by atoms with Gasteiger partial charge in [0.1, 0.15) is 0 Å². The average molecular weight is 486 g/mol. The van der Waals surface area contributed by atoms with E-state index < -0.39 is 5.60 Å². The maximum absolute atomic E-state index is 11.1. The Labute approximate surface area is 174 Å². The first-order valence-electron chi connectivity index (χ1n) is 9.08. The number of hydrogen-bond donors (Lipinski definition) is 3. The second-order valence-corrected chi connectivity index (χ2v) is 6.54. The molecule has 0 bridgehead atoms. The predicted molar refractivity (Wildman–Crippen MR) is 113 cm³/mol. The lowest BCUT2D eigenvalue weighted by Gasteiger charge is -2.33. The number of carbonyl (C=O) groups excluding carboxylic acids is 1. The molecule has 1 fully saturated rings. The summed E-state index contributed by atoms with van der Waals surface area (Å²) in [6.45, 7) is 9.31. The van der Waals surface area contributed by atoms with Gasteiger partial charge < -0.3 is 25.2 Å². The van der Waals surface area contributed by atoms with Crippen LogP contribution in [-0.4, -0.2) is 87.1 Å². The van der Waals surface area contributed by atoms with Gasteiger partial charge >= 0.3 is 5.97 Å². The summed E-state index contributed by atoms with van der Waals surface area (Å²) in [5.74, 6) is 0.502. The minimum atomic E-state index is -0.884. The van der Waals surface area contributed by atoms with Crippen molar-refractivity contribution in [3.63, 3.8) is 0 Å². The second-order valence-electron chi connectivity index (χ2n) is 6.54. The van der Waals surface area contributed by atoms with Gasteiger partial charge in [0.15, 0.2) is 5.96 Å². The Hall–Kier alpha value is -0.650. The first-order chi connectivity index (χ1) is 12.0. The van der Waals surface area contributed by atoms with Crippen LogP contribution in [0.15, 0.2) is 4.99 Å². The van der Waals surface area contributed by atoms with Crippen LogP contribution in [0.1, 0.15) is 33.1 Å². The molecule has 1 unspecified atom stereocenters. The molecular weight excluding hydrogens is 451 g/mol. The zero-order chi connectivity index (χ0) is 18.5. The number of unbranched alkanes of at least 4 members (excludes halogenated alkanes) is 1. The predicted octanol–water partition coefficient (Wildman–Crippen LogP) is 0.586. The average Bonchev–Trinajstić information content (AvgIpc) is 2.59. The standard InChI is InChI=1S/C17H34N4O4.HI/c1-4-18-16(19-8-6-5-7-15(22)24-3)20-13-17(2,23)14-21-9-11-25-12-10-21;/h23H,4-14H2,1-3H3,(H2,18,19,20);1H. The van der Waals surface area contributed by atoms with Gasteiger partial charge in [-0.1, -0.05) is 0 Å². The highest BCUT2D eigenvalue weighted by Crippen LogP contribution is 2.09. The van der Waals surface area contributed by atoms with E-state index in [9.17, 15) is 9.90 Å². The van der Waals surface area contributed by atoms with Gasteiger partial charge in [-0.05, 0) is 26.7 Å². The molecule has 1 aliphatic heterocycles. The maximum Gasteiger partial charge on any atom is 0.305 e. The van der Waals surface area contributed by atoms with Crippen molar-refractivity contribution in [3.8, 4) is 0 Å². The van der Waals surface area contributed by atoms with Gasteiger partial charge in [-0.25, -0.2) is 0 Å². The van der Waals surface area contributed by atoms with Crippen LogP contribution in [0.3, 0.4) is 0 Å². The van der Waals surface area contributed by atoms with Crippen LogP contribution < -0.4 is 10.6 Å². The fourth-order valence-electron chi connectivity index (χ4n) is 2.59. The van der Waals surface area contributed by atoms with Crippen LogP contribution in [0.4, 0.5) is 0 Å². The number of rotatable bonds is 10. The number of carbonyl (C=O) groups is 1. The van der Waals surface area contributed by atoms with E-state index >= 15 is 0 Å². The van der Waals surface area contributed by atoms with Crippen molar-refractivity contribution in [2.24, 2.45) is 4.99 Å². The molecular formula is C17H35IN4O4. The molecule has 1 rings (SSSR count). The molecule has 9 heteroatoms. The number of nitrogens with zero attached hydrogens (tertiary/aromatic N) is 2. The molecule has 1 heterocycles. The van der Waals surface area contributed by atoms with Gasteiger partial charge in [0.25, 0.3) is 0 Å². The van der Waals surface area contributed by atoms with Gasteiger partial charge in [0, 0.05) is 39.1 Å². The fourth-order valence-corrected chi connectivity index (χ4v) is 2.59. The Bertz CT molecular complexity index is 416. The summed E-state index contributed by atoms with van der Waals surface area (Å²) in [4.78, 5) is 17.8. The number of methoxy groups -OCH3 is 1. The van der Waals surface area contributed by atoms with Crippen molar-refractivity contribution in [1.82, 2.24) is 15.5 Å². The number of morpholine rings is 1. The van der Waals surface area contributed by atoms with Gasteiger partial charge in [0.05, 0.1) is 32.5 Å². The number of guanidine groups is 1. The van der Waals surface area contributed by atoms with Crippen molar-refractivity contribution in [1.29, 1.82) is 0 Å². The molecule has 0 radical (unpaired) electrons. The van der Waals surface area contributed by atoms with E-state index in [0.29, 0.717) is 32.0 Å². The van der Waals surface area contributed by atoms with Crippen LogP contribution >= 0.6 is 24.0 Å². The first-order valence-corrected chi connectivity index (χ1v) is 9.08. The number of esters is 1. The maximum atomic E-state index is 11.1. The summed E-state index contributed by atoms with van der Waals surface area (Å²) in [7, 11) is 1.40. The number of hydrogen-bond acceptors (Lipinski definition) is 6. The highest BCUT2D eigenvalue weighted by Gasteiger charge is 2.25. The SMILES string of the molecule is CCNC(=NCC(C)(O)CN1CCOCC1)NCCCCC(=O)OC.I. The Morgan fingerprint density at radius 3 is 2.62 bits per heavy atom. The van der Waals surface area contributed by atoms with Crippen molar-refractivity contribution in [3.05, 3.63) is 0 Å². The normalized spacial score (nSPS) is 17.8. The third-order valence-corrected chi connectivity index (χ3v) is 3.92. The van der Waals surface area contributed by atoms with E-state index in [1.807, 2.05) is 13.8 Å². The molecule has 0 aliphatic carbocycles. The highest BCUT2D eigenvalue weighted by molar-refractivity contribution is 14.0. The Balaban J connectivity index is 0.00000625. The van der Waals surface area contributed by atoms with E-state index in [0.717, 1.165) is 45.7 Å². The topological polar surface area (TPSA) is 95.4 Å². The molecule has 0 spiro atoms. The van der Waals surface area contributed by atoms with Crippen LogP contribution in [-0.2, 0) is 14.3 Å². The molecule has 1 aliphatic rings. The first kappa shape index (κ1) is 25.4. The lowest BCUT2D eigenvalue weighted by Crippen LogP contribution is -2.48. The third-order valence-electron chi connectivity index (χ3n) is 3.92. The minimum Gasteiger partial charge on any atom is -0.469 e. The molecule has 1 atom stereocenters. The smallest absolute Gasteiger partial charge is 0.305 e. The summed E-state index contributed by atoms with van der Waals surface area (Å²) < 4.78 is 9.95. The quantitative estimate of drug-likeness (QED) is 0.137. The van der Waals surface area contributed by atoms with Crippen LogP contribution in [0.2, 0.25) is 0 Å². The van der Waals surface area contributed by atoms with Crippen LogP contribution in [0, 0.1) is 0 Å². The zero-order valence-electron chi connectivity index (χ0n) is 16.3. The fraction of sp³-hybridized carbons (Fsp3) is 0.882. The van der Waals surface area contributed by atoms with E-state index in [4.69, 9.17) is 4.74 Å².